The van der Waals surface area contributed by atoms with Crippen molar-refractivity contribution in [3.05, 3.63) is 71.8 Å². The highest BCUT2D eigenvalue weighted by Gasteiger charge is 2.59. The molecule has 0 aromatic heterocycles. The zero-order valence-electron chi connectivity index (χ0n) is 12.8. The molecule has 2 aromatic carbocycles. The SMILES string of the molecule is COB1OC(c2ccccc2)(c2ccccc2)[C@H]2CCCN12. The predicted octanol–water partition coefficient (Wildman–Crippen LogP) is 3.06. The van der Waals surface area contributed by atoms with E-state index >= 15 is 0 Å². The van der Waals surface area contributed by atoms with E-state index in [9.17, 15) is 0 Å². The first-order valence-electron chi connectivity index (χ1n) is 7.93. The fourth-order valence-electron chi connectivity index (χ4n) is 4.03. The Kier molecular flexibility index (Phi) is 3.53. The molecule has 2 heterocycles. The summed E-state index contributed by atoms with van der Waals surface area (Å²) in [5.41, 5.74) is 1.97. The second kappa shape index (κ2) is 5.54. The van der Waals surface area contributed by atoms with Crippen LogP contribution in [-0.2, 0) is 14.9 Å². The standard InChI is InChI=1S/C18H20BNO2/c1-21-19-20-14-8-13-17(20)18(22-19,15-9-4-2-5-10-15)16-11-6-3-7-12-16/h2-7,9-12,17H,8,13-14H2,1H3/t17-/m1/s1. The van der Waals surface area contributed by atoms with Crippen molar-refractivity contribution in [3.8, 4) is 0 Å². The van der Waals surface area contributed by atoms with Gasteiger partial charge in [-0.15, -0.1) is 0 Å². The molecule has 112 valence electrons. The molecule has 0 aliphatic carbocycles. The van der Waals surface area contributed by atoms with Gasteiger partial charge in [0, 0.05) is 13.2 Å². The van der Waals surface area contributed by atoms with E-state index in [1.807, 2.05) is 0 Å². The minimum absolute atomic E-state index is 0.270. The highest BCUT2D eigenvalue weighted by atomic mass is 16.6. The van der Waals surface area contributed by atoms with Gasteiger partial charge in [-0.3, -0.25) is 4.81 Å². The van der Waals surface area contributed by atoms with Crippen LogP contribution in [0.4, 0.5) is 0 Å². The molecule has 0 radical (unpaired) electrons. The molecule has 1 atom stereocenters. The maximum atomic E-state index is 6.54. The minimum atomic E-state index is -0.445. The summed E-state index contributed by atoms with van der Waals surface area (Å²) in [5.74, 6) is 0. The van der Waals surface area contributed by atoms with Crippen LogP contribution in [0.15, 0.2) is 60.7 Å². The summed E-state index contributed by atoms with van der Waals surface area (Å²) in [7, 11) is 1.46. The van der Waals surface area contributed by atoms with E-state index in [0.717, 1.165) is 13.0 Å². The van der Waals surface area contributed by atoms with Crippen LogP contribution < -0.4 is 0 Å². The molecule has 4 heteroatoms. The van der Waals surface area contributed by atoms with E-state index in [4.69, 9.17) is 9.31 Å². The summed E-state index contributed by atoms with van der Waals surface area (Å²) in [6.07, 6.45) is 2.32. The molecule has 4 rings (SSSR count). The number of fused-ring (bicyclic) bond motifs is 1. The fourth-order valence-corrected chi connectivity index (χ4v) is 4.03. The molecule has 0 saturated carbocycles. The third-order valence-electron chi connectivity index (χ3n) is 4.93. The van der Waals surface area contributed by atoms with E-state index in [0.29, 0.717) is 6.04 Å². The van der Waals surface area contributed by atoms with Crippen molar-refractivity contribution in [1.82, 2.24) is 4.81 Å². The molecule has 0 amide bonds. The van der Waals surface area contributed by atoms with E-state index in [1.165, 1.54) is 17.5 Å². The second-order valence-corrected chi connectivity index (χ2v) is 6.02. The first-order valence-corrected chi connectivity index (χ1v) is 7.93. The Morgan fingerprint density at radius 3 is 2.18 bits per heavy atom. The van der Waals surface area contributed by atoms with Crippen LogP contribution in [0.5, 0.6) is 0 Å². The Morgan fingerprint density at radius 1 is 1.05 bits per heavy atom. The van der Waals surface area contributed by atoms with E-state index < -0.39 is 5.60 Å². The summed E-state index contributed by atoms with van der Waals surface area (Å²) in [4.78, 5) is 2.36. The van der Waals surface area contributed by atoms with Crippen molar-refractivity contribution in [2.75, 3.05) is 13.7 Å². The van der Waals surface area contributed by atoms with Gasteiger partial charge < -0.3 is 9.31 Å². The van der Waals surface area contributed by atoms with E-state index in [-0.39, 0.29) is 7.25 Å². The molecule has 2 aliphatic rings. The van der Waals surface area contributed by atoms with Crippen LogP contribution in [0.1, 0.15) is 24.0 Å². The van der Waals surface area contributed by atoms with E-state index in [1.54, 1.807) is 7.11 Å². The third kappa shape index (κ3) is 1.95. The number of nitrogens with zero attached hydrogens (tertiary/aromatic N) is 1. The Hall–Kier alpha value is -1.62. The molecule has 2 aliphatic heterocycles. The highest BCUT2D eigenvalue weighted by molar-refractivity contribution is 6.42. The maximum Gasteiger partial charge on any atom is 0.558 e. The van der Waals surface area contributed by atoms with Gasteiger partial charge in [0.15, 0.2) is 0 Å². The van der Waals surface area contributed by atoms with Crippen molar-refractivity contribution in [2.45, 2.75) is 24.5 Å². The molecule has 3 nitrogen and oxygen atoms in total. The van der Waals surface area contributed by atoms with Crippen molar-refractivity contribution < 1.29 is 9.31 Å². The van der Waals surface area contributed by atoms with Crippen molar-refractivity contribution in [2.24, 2.45) is 0 Å². The Bertz CT molecular complexity index is 595. The van der Waals surface area contributed by atoms with Gasteiger partial charge in [0.05, 0.1) is 0 Å². The molecule has 2 saturated heterocycles. The third-order valence-corrected chi connectivity index (χ3v) is 4.93. The largest absolute Gasteiger partial charge is 0.558 e. The molecule has 2 fully saturated rings. The Balaban J connectivity index is 1.90. The van der Waals surface area contributed by atoms with Gasteiger partial charge in [0.25, 0.3) is 0 Å². The molecule has 0 unspecified atom stereocenters. The number of hydrogen-bond donors (Lipinski definition) is 0. The van der Waals surface area contributed by atoms with Gasteiger partial charge in [0.1, 0.15) is 5.60 Å². The van der Waals surface area contributed by atoms with Crippen molar-refractivity contribution in [1.29, 1.82) is 0 Å². The second-order valence-electron chi connectivity index (χ2n) is 6.02. The fraction of sp³-hybridized carbons (Fsp3) is 0.333. The summed E-state index contributed by atoms with van der Waals surface area (Å²) < 4.78 is 12.2. The van der Waals surface area contributed by atoms with Crippen LogP contribution in [0.25, 0.3) is 0 Å². The number of benzene rings is 2. The van der Waals surface area contributed by atoms with Gasteiger partial charge in [-0.05, 0) is 30.5 Å². The van der Waals surface area contributed by atoms with Gasteiger partial charge in [-0.1, -0.05) is 60.7 Å². The lowest BCUT2D eigenvalue weighted by Crippen LogP contribution is -2.41. The van der Waals surface area contributed by atoms with Crippen molar-refractivity contribution >= 4 is 7.25 Å². The molecule has 22 heavy (non-hydrogen) atoms. The van der Waals surface area contributed by atoms with Gasteiger partial charge in [-0.2, -0.15) is 0 Å². The average molecular weight is 293 g/mol. The van der Waals surface area contributed by atoms with E-state index in [2.05, 4.69) is 65.5 Å². The first-order chi connectivity index (χ1) is 10.9. The van der Waals surface area contributed by atoms with Crippen LogP contribution in [-0.4, -0.2) is 31.8 Å². The maximum absolute atomic E-state index is 6.54. The number of hydrogen-bond acceptors (Lipinski definition) is 3. The Morgan fingerprint density at radius 2 is 1.64 bits per heavy atom. The minimum Gasteiger partial charge on any atom is -0.400 e. The monoisotopic (exact) mass is 293 g/mol. The van der Waals surface area contributed by atoms with Gasteiger partial charge in [-0.25, -0.2) is 0 Å². The summed E-state index contributed by atoms with van der Waals surface area (Å²) in [6.45, 7) is 1.03. The average Bonchev–Trinajstić information content (AvgIpc) is 3.18. The summed E-state index contributed by atoms with van der Waals surface area (Å²) in [6, 6.07) is 21.4. The quantitative estimate of drug-likeness (QED) is 0.812. The predicted molar refractivity (Wildman–Crippen MR) is 87.2 cm³/mol. The van der Waals surface area contributed by atoms with Crippen LogP contribution in [0.3, 0.4) is 0 Å². The molecule has 0 bridgehead atoms. The molecular weight excluding hydrogens is 273 g/mol. The summed E-state index contributed by atoms with van der Waals surface area (Å²) in [5, 5.41) is 0. The van der Waals surface area contributed by atoms with Crippen molar-refractivity contribution in [3.63, 3.8) is 0 Å². The number of rotatable bonds is 3. The lowest BCUT2D eigenvalue weighted by molar-refractivity contribution is 0.0883. The Labute approximate surface area is 132 Å². The molecule has 0 N–H and O–H groups in total. The molecule has 2 aromatic rings. The smallest absolute Gasteiger partial charge is 0.400 e. The lowest BCUT2D eigenvalue weighted by atomic mass is 9.79. The molecular formula is C18H20BNO2. The van der Waals surface area contributed by atoms with Crippen LogP contribution >= 0.6 is 0 Å². The lowest BCUT2D eigenvalue weighted by Gasteiger charge is -2.35. The zero-order valence-corrected chi connectivity index (χ0v) is 12.8. The van der Waals surface area contributed by atoms with Crippen LogP contribution in [0, 0.1) is 0 Å². The zero-order chi connectivity index (χ0) is 15.0. The van der Waals surface area contributed by atoms with Crippen LogP contribution in [0.2, 0.25) is 0 Å². The topological polar surface area (TPSA) is 21.7 Å². The van der Waals surface area contributed by atoms with Gasteiger partial charge >= 0.3 is 7.25 Å². The van der Waals surface area contributed by atoms with Gasteiger partial charge in [0.2, 0.25) is 0 Å². The summed E-state index contributed by atoms with van der Waals surface area (Å²) >= 11 is 0. The first kappa shape index (κ1) is 14.0. The molecule has 0 spiro atoms. The highest BCUT2D eigenvalue weighted by Crippen LogP contribution is 2.48. The normalized spacial score (nSPS) is 23.7.